The minimum absolute atomic E-state index is 0.0580. The van der Waals surface area contributed by atoms with Crippen LogP contribution in [0.3, 0.4) is 0 Å². The average molecular weight is 390 g/mol. The van der Waals surface area contributed by atoms with Gasteiger partial charge in [0.1, 0.15) is 4.90 Å². The van der Waals surface area contributed by atoms with Gasteiger partial charge in [0.2, 0.25) is 10.0 Å². The van der Waals surface area contributed by atoms with Gasteiger partial charge in [-0.1, -0.05) is 29.8 Å². The Kier molecular flexibility index (Phi) is 4.95. The summed E-state index contributed by atoms with van der Waals surface area (Å²) in [6.45, 7) is 0. The molecule has 0 aliphatic rings. The first-order valence-electron chi connectivity index (χ1n) is 7.67. The zero-order valence-corrected chi connectivity index (χ0v) is 15.7. The van der Waals surface area contributed by atoms with Gasteiger partial charge < -0.3 is 5.32 Å². The molecule has 6 nitrogen and oxygen atoms in total. The van der Waals surface area contributed by atoms with Crippen LogP contribution < -0.4 is 5.32 Å². The Balaban J connectivity index is 1.92. The molecular formula is C18H16ClN3O3S. The van der Waals surface area contributed by atoms with Crippen LogP contribution in [-0.4, -0.2) is 37.7 Å². The number of anilines is 1. The summed E-state index contributed by atoms with van der Waals surface area (Å²) in [4.78, 5) is 16.7. The van der Waals surface area contributed by atoms with Crippen molar-refractivity contribution >= 4 is 44.1 Å². The van der Waals surface area contributed by atoms with E-state index in [9.17, 15) is 13.2 Å². The van der Waals surface area contributed by atoms with Crippen LogP contribution >= 0.6 is 11.6 Å². The van der Waals surface area contributed by atoms with E-state index in [0.29, 0.717) is 5.69 Å². The first-order valence-corrected chi connectivity index (χ1v) is 9.49. The monoisotopic (exact) mass is 389 g/mol. The van der Waals surface area contributed by atoms with Crippen molar-refractivity contribution in [3.63, 3.8) is 0 Å². The Morgan fingerprint density at radius 3 is 2.58 bits per heavy atom. The van der Waals surface area contributed by atoms with E-state index < -0.39 is 15.9 Å². The fraction of sp³-hybridized carbons (Fsp3) is 0.111. The number of amides is 1. The van der Waals surface area contributed by atoms with E-state index in [1.807, 2.05) is 24.3 Å². The molecule has 3 rings (SSSR count). The Morgan fingerprint density at radius 1 is 1.12 bits per heavy atom. The molecule has 0 atom stereocenters. The number of rotatable bonds is 4. The molecule has 26 heavy (non-hydrogen) atoms. The maximum Gasteiger partial charge on any atom is 0.255 e. The van der Waals surface area contributed by atoms with Crippen molar-refractivity contribution in [2.24, 2.45) is 0 Å². The van der Waals surface area contributed by atoms with Crippen LogP contribution in [0.4, 0.5) is 5.69 Å². The molecule has 1 amide bonds. The molecule has 3 aromatic rings. The average Bonchev–Trinajstić information content (AvgIpc) is 2.61. The molecule has 0 fully saturated rings. The summed E-state index contributed by atoms with van der Waals surface area (Å²) in [6.07, 6.45) is 1.55. The number of benzene rings is 2. The Hall–Kier alpha value is -2.48. The lowest BCUT2D eigenvalue weighted by Gasteiger charge is -2.14. The summed E-state index contributed by atoms with van der Waals surface area (Å²) in [5.74, 6) is -0.450. The number of halogens is 1. The van der Waals surface area contributed by atoms with Crippen LogP contribution in [0.2, 0.25) is 5.02 Å². The van der Waals surface area contributed by atoms with Gasteiger partial charge in [0, 0.05) is 25.0 Å². The van der Waals surface area contributed by atoms with Gasteiger partial charge in [-0.05, 0) is 30.3 Å². The van der Waals surface area contributed by atoms with E-state index in [0.717, 1.165) is 15.2 Å². The van der Waals surface area contributed by atoms with Gasteiger partial charge in [0.15, 0.2) is 0 Å². The lowest BCUT2D eigenvalue weighted by atomic mass is 10.2. The highest BCUT2D eigenvalue weighted by Gasteiger charge is 2.22. The van der Waals surface area contributed by atoms with E-state index in [4.69, 9.17) is 11.6 Å². The third-order valence-corrected chi connectivity index (χ3v) is 6.10. The van der Waals surface area contributed by atoms with Crippen molar-refractivity contribution in [2.75, 3.05) is 19.4 Å². The zero-order valence-electron chi connectivity index (χ0n) is 14.1. The van der Waals surface area contributed by atoms with Gasteiger partial charge >= 0.3 is 0 Å². The summed E-state index contributed by atoms with van der Waals surface area (Å²) >= 11 is 6.01. The smallest absolute Gasteiger partial charge is 0.255 e. The maximum atomic E-state index is 12.5. The topological polar surface area (TPSA) is 79.4 Å². The largest absolute Gasteiger partial charge is 0.321 e. The number of carbonyl (C=O) groups is 1. The molecule has 8 heteroatoms. The normalized spacial score (nSPS) is 11.7. The number of nitrogens with zero attached hydrogens (tertiary/aromatic N) is 2. The second-order valence-corrected chi connectivity index (χ2v) is 8.33. The van der Waals surface area contributed by atoms with E-state index in [2.05, 4.69) is 10.3 Å². The van der Waals surface area contributed by atoms with Crippen LogP contribution in [0.25, 0.3) is 10.9 Å². The number of carbonyl (C=O) groups excluding carboxylic acids is 1. The third kappa shape index (κ3) is 3.55. The van der Waals surface area contributed by atoms with Crippen molar-refractivity contribution in [3.8, 4) is 0 Å². The number of sulfonamides is 1. The van der Waals surface area contributed by atoms with E-state index in [-0.39, 0.29) is 15.5 Å². The first kappa shape index (κ1) is 18.3. The number of hydrogen-bond donors (Lipinski definition) is 1. The number of para-hydroxylation sites is 1. The Labute approximate surface area is 156 Å². The number of pyridine rings is 1. The van der Waals surface area contributed by atoms with Crippen LogP contribution in [0.1, 0.15) is 10.4 Å². The summed E-state index contributed by atoms with van der Waals surface area (Å²) in [7, 11) is -0.952. The van der Waals surface area contributed by atoms with Gasteiger partial charge in [-0.2, -0.15) is 0 Å². The number of aromatic nitrogens is 1. The van der Waals surface area contributed by atoms with E-state index in [1.165, 1.54) is 32.3 Å². The molecule has 0 saturated carbocycles. The molecule has 1 aromatic heterocycles. The summed E-state index contributed by atoms with van der Waals surface area (Å²) in [5, 5.41) is 3.67. The van der Waals surface area contributed by atoms with Crippen molar-refractivity contribution in [3.05, 3.63) is 65.3 Å². The molecule has 0 aliphatic carbocycles. The molecule has 1 heterocycles. The zero-order chi connectivity index (χ0) is 18.9. The molecule has 2 aromatic carbocycles. The Morgan fingerprint density at radius 2 is 1.85 bits per heavy atom. The molecular weight excluding hydrogens is 374 g/mol. The van der Waals surface area contributed by atoms with Gasteiger partial charge in [0.05, 0.1) is 22.4 Å². The van der Waals surface area contributed by atoms with Gasteiger partial charge in [-0.3, -0.25) is 9.78 Å². The predicted octanol–water partition coefficient (Wildman–Crippen LogP) is 3.39. The predicted molar refractivity (Wildman–Crippen MR) is 102 cm³/mol. The molecule has 0 spiro atoms. The quantitative estimate of drug-likeness (QED) is 0.741. The Bertz CT molecular complexity index is 1100. The van der Waals surface area contributed by atoms with Gasteiger partial charge in [-0.25, -0.2) is 12.7 Å². The van der Waals surface area contributed by atoms with E-state index >= 15 is 0 Å². The lowest BCUT2D eigenvalue weighted by molar-refractivity contribution is 0.102. The molecule has 0 saturated heterocycles. The van der Waals surface area contributed by atoms with Crippen LogP contribution in [0.15, 0.2) is 59.6 Å². The first-order chi connectivity index (χ1) is 12.3. The molecule has 1 N–H and O–H groups in total. The lowest BCUT2D eigenvalue weighted by Crippen LogP contribution is -2.23. The number of nitrogens with one attached hydrogen (secondary N) is 1. The third-order valence-electron chi connectivity index (χ3n) is 3.80. The summed E-state index contributed by atoms with van der Waals surface area (Å²) in [6, 6.07) is 13.5. The molecule has 0 bridgehead atoms. The molecule has 0 radical (unpaired) electrons. The summed E-state index contributed by atoms with van der Waals surface area (Å²) in [5.41, 5.74) is 1.51. The van der Waals surface area contributed by atoms with Crippen molar-refractivity contribution < 1.29 is 13.2 Å². The van der Waals surface area contributed by atoms with Gasteiger partial charge in [-0.15, -0.1) is 0 Å². The summed E-state index contributed by atoms with van der Waals surface area (Å²) < 4.78 is 25.7. The molecule has 0 aliphatic heterocycles. The van der Waals surface area contributed by atoms with Crippen LogP contribution in [0.5, 0.6) is 0 Å². The second-order valence-electron chi connectivity index (χ2n) is 5.80. The standard InChI is InChI=1S/C18H16ClN3O3S/c1-22(2)26(24,25)17-10-13(7-8-15(17)19)18(23)21-14-9-12-5-3-4-6-16(12)20-11-14/h3-11H,1-2H3,(H,21,23). The highest BCUT2D eigenvalue weighted by atomic mass is 35.5. The van der Waals surface area contributed by atoms with Crippen molar-refractivity contribution in [2.45, 2.75) is 4.90 Å². The highest BCUT2D eigenvalue weighted by molar-refractivity contribution is 7.89. The highest BCUT2D eigenvalue weighted by Crippen LogP contribution is 2.25. The van der Waals surface area contributed by atoms with Crippen molar-refractivity contribution in [1.82, 2.24) is 9.29 Å². The van der Waals surface area contributed by atoms with Crippen LogP contribution in [0, 0.1) is 0 Å². The number of fused-ring (bicyclic) bond motifs is 1. The van der Waals surface area contributed by atoms with E-state index in [1.54, 1.807) is 12.3 Å². The van der Waals surface area contributed by atoms with Crippen molar-refractivity contribution in [1.29, 1.82) is 0 Å². The maximum absolute atomic E-state index is 12.5. The minimum atomic E-state index is -3.76. The SMILES string of the molecule is CN(C)S(=O)(=O)c1cc(C(=O)Nc2cnc3ccccc3c2)ccc1Cl. The minimum Gasteiger partial charge on any atom is -0.321 e. The van der Waals surface area contributed by atoms with Crippen LogP contribution in [-0.2, 0) is 10.0 Å². The fourth-order valence-corrected chi connectivity index (χ4v) is 3.78. The van der Waals surface area contributed by atoms with Gasteiger partial charge in [0.25, 0.3) is 5.91 Å². The number of hydrogen-bond acceptors (Lipinski definition) is 4. The second kappa shape index (κ2) is 7.03. The fourth-order valence-electron chi connectivity index (χ4n) is 2.38. The molecule has 0 unspecified atom stereocenters. The molecule has 134 valence electrons.